The summed E-state index contributed by atoms with van der Waals surface area (Å²) in [7, 11) is 0. The smallest absolute Gasteiger partial charge is 0.266 e. The summed E-state index contributed by atoms with van der Waals surface area (Å²) in [5, 5.41) is 11.7. The maximum atomic E-state index is 12.0. The molecule has 4 heteroatoms. The van der Waals surface area contributed by atoms with Gasteiger partial charge < -0.3 is 9.73 Å². The highest BCUT2D eigenvalue weighted by Crippen LogP contribution is 2.10. The van der Waals surface area contributed by atoms with Crippen molar-refractivity contribution in [3.63, 3.8) is 0 Å². The van der Waals surface area contributed by atoms with Gasteiger partial charge >= 0.3 is 0 Å². The molecule has 0 aliphatic carbocycles. The van der Waals surface area contributed by atoms with Crippen LogP contribution in [-0.2, 0) is 4.79 Å². The first-order valence-corrected chi connectivity index (χ1v) is 6.39. The summed E-state index contributed by atoms with van der Waals surface area (Å²) in [4.78, 5) is 12.0. The number of allylic oxidation sites excluding steroid dienone is 2. The molecule has 1 heterocycles. The standard InChI is InChI=1S/C17H14N2O2/c1-13-7-9-15(10-8-13)19-17(20)14(12-18)4-2-5-16-6-3-11-21-16/h2-11H,1H3,(H,19,20). The molecule has 0 bridgehead atoms. The van der Waals surface area contributed by atoms with Gasteiger partial charge in [0.2, 0.25) is 0 Å². The normalized spacial score (nSPS) is 11.3. The van der Waals surface area contributed by atoms with Gasteiger partial charge in [0.05, 0.1) is 6.26 Å². The monoisotopic (exact) mass is 278 g/mol. The zero-order valence-corrected chi connectivity index (χ0v) is 11.5. The van der Waals surface area contributed by atoms with Gasteiger partial charge in [-0.25, -0.2) is 0 Å². The number of nitriles is 1. The van der Waals surface area contributed by atoms with E-state index in [1.165, 1.54) is 6.08 Å². The summed E-state index contributed by atoms with van der Waals surface area (Å²) in [6, 6.07) is 12.8. The number of hydrogen-bond donors (Lipinski definition) is 1. The molecule has 0 fully saturated rings. The Balaban J connectivity index is 2.04. The fraction of sp³-hybridized carbons (Fsp3) is 0.0588. The lowest BCUT2D eigenvalue weighted by Gasteiger charge is -2.03. The van der Waals surface area contributed by atoms with Gasteiger partial charge in [-0.3, -0.25) is 4.79 Å². The molecule has 0 saturated heterocycles. The lowest BCUT2D eigenvalue weighted by atomic mass is 10.2. The SMILES string of the molecule is Cc1ccc(NC(=O)C(C#N)=CC=Cc2ccco2)cc1. The van der Waals surface area contributed by atoms with E-state index in [2.05, 4.69) is 5.32 Å². The number of benzene rings is 1. The van der Waals surface area contributed by atoms with Crippen molar-refractivity contribution in [2.75, 3.05) is 5.32 Å². The molecular formula is C17H14N2O2. The van der Waals surface area contributed by atoms with E-state index in [0.29, 0.717) is 11.4 Å². The Labute approximate surface area is 123 Å². The third-order valence-corrected chi connectivity index (χ3v) is 2.74. The first kappa shape index (κ1) is 14.4. The van der Waals surface area contributed by atoms with Crippen molar-refractivity contribution in [2.45, 2.75) is 6.92 Å². The van der Waals surface area contributed by atoms with Gasteiger partial charge in [-0.2, -0.15) is 5.26 Å². The van der Waals surface area contributed by atoms with Crippen LogP contribution in [0.1, 0.15) is 11.3 Å². The Hall–Kier alpha value is -3.06. The van der Waals surface area contributed by atoms with E-state index in [4.69, 9.17) is 9.68 Å². The fourth-order valence-electron chi connectivity index (χ4n) is 1.62. The van der Waals surface area contributed by atoms with Gasteiger partial charge in [0.25, 0.3) is 5.91 Å². The quantitative estimate of drug-likeness (QED) is 0.527. The van der Waals surface area contributed by atoms with Crippen molar-refractivity contribution in [1.29, 1.82) is 5.26 Å². The molecule has 2 rings (SSSR count). The summed E-state index contributed by atoms with van der Waals surface area (Å²) in [6.45, 7) is 1.96. The van der Waals surface area contributed by atoms with Crippen molar-refractivity contribution in [3.8, 4) is 6.07 Å². The van der Waals surface area contributed by atoms with Crippen LogP contribution in [0, 0.1) is 18.3 Å². The van der Waals surface area contributed by atoms with Crippen LogP contribution >= 0.6 is 0 Å². The number of carbonyl (C=O) groups excluding carboxylic acids is 1. The van der Waals surface area contributed by atoms with Crippen LogP contribution in [-0.4, -0.2) is 5.91 Å². The zero-order chi connectivity index (χ0) is 15.1. The number of rotatable bonds is 4. The molecule has 0 aliphatic heterocycles. The molecule has 1 N–H and O–H groups in total. The van der Waals surface area contributed by atoms with E-state index in [1.807, 2.05) is 25.1 Å². The van der Waals surface area contributed by atoms with E-state index >= 15 is 0 Å². The number of nitrogens with zero attached hydrogens (tertiary/aromatic N) is 1. The maximum Gasteiger partial charge on any atom is 0.266 e. The summed E-state index contributed by atoms with van der Waals surface area (Å²) in [6.07, 6.45) is 6.29. The molecule has 1 aromatic heterocycles. The molecule has 21 heavy (non-hydrogen) atoms. The van der Waals surface area contributed by atoms with Gasteiger partial charge in [0.15, 0.2) is 0 Å². The molecule has 104 valence electrons. The molecule has 2 aromatic rings. The Bertz CT molecular complexity index is 702. The van der Waals surface area contributed by atoms with Gasteiger partial charge in [0.1, 0.15) is 17.4 Å². The third kappa shape index (κ3) is 4.22. The molecule has 4 nitrogen and oxygen atoms in total. The number of aryl methyl sites for hydroxylation is 1. The molecular weight excluding hydrogens is 264 g/mol. The molecule has 1 amide bonds. The van der Waals surface area contributed by atoms with Crippen LogP contribution in [0.3, 0.4) is 0 Å². The highest BCUT2D eigenvalue weighted by Gasteiger charge is 2.07. The lowest BCUT2D eigenvalue weighted by Crippen LogP contribution is -2.13. The van der Waals surface area contributed by atoms with E-state index in [-0.39, 0.29) is 5.57 Å². The molecule has 0 saturated carbocycles. The predicted molar refractivity (Wildman–Crippen MR) is 81.2 cm³/mol. The van der Waals surface area contributed by atoms with E-state index in [0.717, 1.165) is 5.56 Å². The second-order valence-corrected chi connectivity index (χ2v) is 4.39. The number of carbonyl (C=O) groups is 1. The van der Waals surface area contributed by atoms with Crippen molar-refractivity contribution in [2.24, 2.45) is 0 Å². The number of amides is 1. The van der Waals surface area contributed by atoms with Crippen LogP contribution in [0.15, 0.2) is 64.8 Å². The van der Waals surface area contributed by atoms with Gasteiger partial charge in [-0.1, -0.05) is 23.8 Å². The van der Waals surface area contributed by atoms with Gasteiger partial charge in [-0.05, 0) is 43.3 Å². The highest BCUT2D eigenvalue weighted by molar-refractivity contribution is 6.06. The lowest BCUT2D eigenvalue weighted by molar-refractivity contribution is -0.112. The van der Waals surface area contributed by atoms with Crippen molar-refractivity contribution >= 4 is 17.7 Å². The Kier molecular flexibility index (Phi) is 4.73. The Morgan fingerprint density at radius 2 is 2.05 bits per heavy atom. The maximum absolute atomic E-state index is 12.0. The Morgan fingerprint density at radius 1 is 1.29 bits per heavy atom. The second-order valence-electron chi connectivity index (χ2n) is 4.39. The minimum Gasteiger partial charge on any atom is -0.465 e. The minimum atomic E-state index is -0.439. The summed E-state index contributed by atoms with van der Waals surface area (Å²) in [5.74, 6) is 0.216. The van der Waals surface area contributed by atoms with Crippen LogP contribution in [0.4, 0.5) is 5.69 Å². The van der Waals surface area contributed by atoms with Crippen LogP contribution in [0.2, 0.25) is 0 Å². The largest absolute Gasteiger partial charge is 0.465 e. The summed E-state index contributed by atoms with van der Waals surface area (Å²) in [5.41, 5.74) is 1.78. The number of hydrogen-bond acceptors (Lipinski definition) is 3. The molecule has 0 spiro atoms. The predicted octanol–water partition coefficient (Wildman–Crippen LogP) is 3.69. The van der Waals surface area contributed by atoms with Crippen LogP contribution < -0.4 is 5.32 Å². The van der Waals surface area contributed by atoms with Gasteiger partial charge in [-0.15, -0.1) is 0 Å². The topological polar surface area (TPSA) is 66.0 Å². The average Bonchev–Trinajstić information content (AvgIpc) is 2.99. The van der Waals surface area contributed by atoms with E-state index < -0.39 is 5.91 Å². The zero-order valence-electron chi connectivity index (χ0n) is 11.5. The highest BCUT2D eigenvalue weighted by atomic mass is 16.3. The first-order valence-electron chi connectivity index (χ1n) is 6.39. The molecule has 0 unspecified atom stereocenters. The molecule has 0 atom stereocenters. The number of anilines is 1. The Morgan fingerprint density at radius 3 is 2.67 bits per heavy atom. The minimum absolute atomic E-state index is 0.0263. The molecule has 0 aliphatic rings. The van der Waals surface area contributed by atoms with Crippen molar-refractivity contribution in [3.05, 3.63) is 71.7 Å². The van der Waals surface area contributed by atoms with Crippen molar-refractivity contribution in [1.82, 2.24) is 0 Å². The summed E-state index contributed by atoms with van der Waals surface area (Å²) < 4.78 is 5.12. The first-order chi connectivity index (χ1) is 10.2. The second kappa shape index (κ2) is 6.92. The molecule has 0 radical (unpaired) electrons. The average molecular weight is 278 g/mol. The number of furan rings is 1. The van der Waals surface area contributed by atoms with Crippen LogP contribution in [0.5, 0.6) is 0 Å². The number of nitrogens with one attached hydrogen (secondary N) is 1. The summed E-state index contributed by atoms with van der Waals surface area (Å²) >= 11 is 0. The fourth-order valence-corrected chi connectivity index (χ4v) is 1.62. The van der Waals surface area contributed by atoms with Gasteiger partial charge in [0, 0.05) is 5.69 Å². The molecule has 1 aromatic carbocycles. The third-order valence-electron chi connectivity index (χ3n) is 2.74. The van der Waals surface area contributed by atoms with E-state index in [1.54, 1.807) is 42.7 Å². The van der Waals surface area contributed by atoms with Crippen molar-refractivity contribution < 1.29 is 9.21 Å². The van der Waals surface area contributed by atoms with E-state index in [9.17, 15) is 4.79 Å². The van der Waals surface area contributed by atoms with Crippen LogP contribution in [0.25, 0.3) is 6.08 Å².